The Labute approximate surface area is 203 Å². The molecular weight excluding hydrogens is 489 g/mol. The number of hydrogen-bond acceptors (Lipinski definition) is 7. The fourth-order valence-electron chi connectivity index (χ4n) is 3.09. The SMILES string of the molecule is CNC(=O)/C(=N/OC)c1cccc(C(F)(F)F)c1CO/N=C(\C)c1cc(-c2ccc(Cl)cc2)on1. The molecule has 0 saturated carbocycles. The van der Waals surface area contributed by atoms with Crippen molar-refractivity contribution in [1.29, 1.82) is 0 Å². The minimum Gasteiger partial charge on any atom is -0.398 e. The smallest absolute Gasteiger partial charge is 0.398 e. The molecule has 3 aromatic rings. The zero-order valence-corrected chi connectivity index (χ0v) is 19.6. The van der Waals surface area contributed by atoms with E-state index in [1.807, 2.05) is 0 Å². The number of benzene rings is 2. The van der Waals surface area contributed by atoms with E-state index in [9.17, 15) is 18.0 Å². The van der Waals surface area contributed by atoms with Crippen molar-refractivity contribution in [2.45, 2.75) is 19.7 Å². The molecule has 0 unspecified atom stereocenters. The van der Waals surface area contributed by atoms with E-state index in [1.165, 1.54) is 20.2 Å². The molecule has 1 N–H and O–H groups in total. The molecule has 3 rings (SSSR count). The monoisotopic (exact) mass is 508 g/mol. The van der Waals surface area contributed by atoms with E-state index in [4.69, 9.17) is 21.0 Å². The maximum atomic E-state index is 13.7. The maximum Gasteiger partial charge on any atom is 0.416 e. The van der Waals surface area contributed by atoms with Gasteiger partial charge in [-0.2, -0.15) is 13.2 Å². The number of halogens is 4. The molecule has 184 valence electrons. The van der Waals surface area contributed by atoms with Gasteiger partial charge in [-0.1, -0.05) is 39.2 Å². The van der Waals surface area contributed by atoms with Gasteiger partial charge in [0.05, 0.1) is 5.56 Å². The summed E-state index contributed by atoms with van der Waals surface area (Å²) in [4.78, 5) is 22.1. The molecule has 8 nitrogen and oxygen atoms in total. The molecule has 12 heteroatoms. The van der Waals surface area contributed by atoms with Crippen molar-refractivity contribution in [1.82, 2.24) is 10.5 Å². The fourth-order valence-corrected chi connectivity index (χ4v) is 3.21. The highest BCUT2D eigenvalue weighted by atomic mass is 35.5. The molecule has 2 aromatic carbocycles. The zero-order chi connectivity index (χ0) is 25.6. The van der Waals surface area contributed by atoms with Crippen molar-refractivity contribution >= 4 is 28.9 Å². The van der Waals surface area contributed by atoms with Crippen LogP contribution < -0.4 is 5.32 Å². The van der Waals surface area contributed by atoms with Crippen LogP contribution in [0, 0.1) is 0 Å². The third-order valence-electron chi connectivity index (χ3n) is 4.78. The highest BCUT2D eigenvalue weighted by molar-refractivity contribution is 6.45. The first kappa shape index (κ1) is 25.8. The highest BCUT2D eigenvalue weighted by Crippen LogP contribution is 2.34. The Hall–Kier alpha value is -3.86. The van der Waals surface area contributed by atoms with Gasteiger partial charge in [-0.15, -0.1) is 0 Å². The number of rotatable bonds is 8. The Morgan fingerprint density at radius 2 is 1.89 bits per heavy atom. The summed E-state index contributed by atoms with van der Waals surface area (Å²) in [5, 5.41) is 14.3. The molecule has 0 aliphatic heterocycles. The fraction of sp³-hybridized carbons (Fsp3) is 0.217. The van der Waals surface area contributed by atoms with Crippen molar-refractivity contribution in [3.8, 4) is 11.3 Å². The van der Waals surface area contributed by atoms with E-state index in [1.54, 1.807) is 37.3 Å². The van der Waals surface area contributed by atoms with Gasteiger partial charge in [-0.25, -0.2) is 0 Å². The molecule has 0 aliphatic carbocycles. The van der Waals surface area contributed by atoms with Gasteiger partial charge in [0.15, 0.2) is 11.5 Å². The standard InChI is InChI=1S/C23H20ClF3N4O4/c1-13(19-11-20(35-30-19)14-7-9-15(24)10-8-14)29-34-12-17-16(21(31-33-3)22(32)28-2)5-4-6-18(17)23(25,26)27/h4-11H,12H2,1-3H3,(H,28,32)/b29-13+,31-21+. The van der Waals surface area contributed by atoms with E-state index >= 15 is 0 Å². The minimum atomic E-state index is -4.71. The number of likely N-dealkylation sites (N-methyl/N-ethyl adjacent to an activating group) is 1. The minimum absolute atomic E-state index is 0.111. The van der Waals surface area contributed by atoms with Crippen molar-refractivity contribution in [3.05, 3.63) is 75.9 Å². The number of carbonyl (C=O) groups is 1. The second-order valence-corrected chi connectivity index (χ2v) is 7.50. The quantitative estimate of drug-likeness (QED) is 0.339. The molecule has 0 spiro atoms. The molecule has 1 heterocycles. The Bertz CT molecular complexity index is 1250. The number of alkyl halides is 3. The molecular formula is C23H20ClF3N4O4. The molecule has 0 saturated heterocycles. The molecule has 0 fully saturated rings. The van der Waals surface area contributed by atoms with Crippen LogP contribution in [0.1, 0.15) is 29.3 Å². The summed E-state index contributed by atoms with van der Waals surface area (Å²) >= 11 is 5.89. The Kier molecular flexibility index (Phi) is 8.13. The summed E-state index contributed by atoms with van der Waals surface area (Å²) in [5.41, 5.74) is -0.474. The molecule has 1 aromatic heterocycles. The molecule has 0 radical (unpaired) electrons. The largest absolute Gasteiger partial charge is 0.416 e. The van der Waals surface area contributed by atoms with Gasteiger partial charge in [0, 0.05) is 34.8 Å². The van der Waals surface area contributed by atoms with Gasteiger partial charge in [-0.3, -0.25) is 4.79 Å². The molecule has 1 amide bonds. The number of aromatic nitrogens is 1. The van der Waals surface area contributed by atoms with Crippen LogP contribution in [0.3, 0.4) is 0 Å². The number of nitrogens with zero attached hydrogens (tertiary/aromatic N) is 3. The van der Waals surface area contributed by atoms with Crippen molar-refractivity contribution < 1.29 is 32.2 Å². The number of hydrogen-bond donors (Lipinski definition) is 1. The predicted octanol–water partition coefficient (Wildman–Crippen LogP) is 5.05. The van der Waals surface area contributed by atoms with Crippen LogP contribution in [0.25, 0.3) is 11.3 Å². The average Bonchev–Trinajstić information content (AvgIpc) is 3.32. The third-order valence-corrected chi connectivity index (χ3v) is 5.03. The van der Waals surface area contributed by atoms with E-state index in [2.05, 4.69) is 25.6 Å². The van der Waals surface area contributed by atoms with Crippen LogP contribution in [-0.4, -0.2) is 36.6 Å². The van der Waals surface area contributed by atoms with E-state index < -0.39 is 24.3 Å². The summed E-state index contributed by atoms with van der Waals surface area (Å²) < 4.78 is 46.4. The van der Waals surface area contributed by atoms with Crippen LogP contribution in [-0.2, 0) is 27.3 Å². The van der Waals surface area contributed by atoms with Gasteiger partial charge in [-0.05, 0) is 37.3 Å². The average molecular weight is 509 g/mol. The van der Waals surface area contributed by atoms with Gasteiger partial charge >= 0.3 is 6.18 Å². The molecule has 35 heavy (non-hydrogen) atoms. The van der Waals surface area contributed by atoms with Crippen LogP contribution >= 0.6 is 11.6 Å². The number of carbonyl (C=O) groups excluding carboxylic acids is 1. The van der Waals surface area contributed by atoms with E-state index in [0.717, 1.165) is 17.7 Å². The van der Waals surface area contributed by atoms with Crippen molar-refractivity contribution in [2.24, 2.45) is 10.3 Å². The first-order valence-corrected chi connectivity index (χ1v) is 10.5. The number of oxime groups is 2. The van der Waals surface area contributed by atoms with Crippen LogP contribution in [0.5, 0.6) is 0 Å². The topological polar surface area (TPSA) is 98.3 Å². The lowest BCUT2D eigenvalue weighted by atomic mass is 9.97. The predicted molar refractivity (Wildman–Crippen MR) is 123 cm³/mol. The number of nitrogens with one attached hydrogen (secondary N) is 1. The first-order chi connectivity index (χ1) is 16.7. The molecule has 0 aliphatic rings. The third kappa shape index (κ3) is 6.18. The molecule has 0 bridgehead atoms. The lowest BCUT2D eigenvalue weighted by molar-refractivity contribution is -0.139. The van der Waals surface area contributed by atoms with Crippen LogP contribution in [0.2, 0.25) is 5.02 Å². The molecule has 0 atom stereocenters. The lowest BCUT2D eigenvalue weighted by Gasteiger charge is -2.16. The Balaban J connectivity index is 1.89. The maximum absolute atomic E-state index is 13.7. The van der Waals surface area contributed by atoms with Crippen LogP contribution in [0.15, 0.2) is 63.4 Å². The second kappa shape index (κ2) is 11.0. The van der Waals surface area contributed by atoms with E-state index in [-0.39, 0.29) is 22.6 Å². The second-order valence-electron chi connectivity index (χ2n) is 7.06. The zero-order valence-electron chi connectivity index (χ0n) is 18.8. The highest BCUT2D eigenvalue weighted by Gasteiger charge is 2.35. The van der Waals surface area contributed by atoms with Crippen molar-refractivity contribution in [2.75, 3.05) is 14.2 Å². The van der Waals surface area contributed by atoms with Gasteiger partial charge < -0.3 is 19.5 Å². The summed E-state index contributed by atoms with van der Waals surface area (Å²) in [5.74, 6) is -0.286. The Morgan fingerprint density at radius 3 is 2.51 bits per heavy atom. The van der Waals surface area contributed by atoms with Crippen LogP contribution in [0.4, 0.5) is 13.2 Å². The summed E-state index contributed by atoms with van der Waals surface area (Å²) in [6.45, 7) is 0.951. The van der Waals surface area contributed by atoms with Gasteiger partial charge in [0.1, 0.15) is 25.1 Å². The summed E-state index contributed by atoms with van der Waals surface area (Å²) in [7, 11) is 2.50. The van der Waals surface area contributed by atoms with Crippen molar-refractivity contribution in [3.63, 3.8) is 0 Å². The first-order valence-electron chi connectivity index (χ1n) is 10.1. The summed E-state index contributed by atoms with van der Waals surface area (Å²) in [6.07, 6.45) is -4.71. The normalized spacial score (nSPS) is 12.4. The van der Waals surface area contributed by atoms with Gasteiger partial charge in [0.25, 0.3) is 5.91 Å². The summed E-state index contributed by atoms with van der Waals surface area (Å²) in [6, 6.07) is 11.8. The van der Waals surface area contributed by atoms with E-state index in [0.29, 0.717) is 16.5 Å². The number of amides is 1. The lowest BCUT2D eigenvalue weighted by Crippen LogP contribution is -2.30. The Morgan fingerprint density at radius 1 is 1.17 bits per heavy atom. The van der Waals surface area contributed by atoms with Gasteiger partial charge in [0.2, 0.25) is 0 Å².